The third kappa shape index (κ3) is 7.52. The zero-order valence-electron chi connectivity index (χ0n) is 13.0. The molecule has 0 fully saturated rings. The second kappa shape index (κ2) is 10.5. The van der Waals surface area contributed by atoms with Crippen LogP contribution in [0.2, 0.25) is 0 Å². The predicted octanol–water partition coefficient (Wildman–Crippen LogP) is 3.12. The first-order valence-electron chi connectivity index (χ1n) is 6.90. The monoisotopic (exact) mass is 313 g/mol. The number of methoxy groups -OCH3 is 1. The summed E-state index contributed by atoms with van der Waals surface area (Å²) in [6.07, 6.45) is 0.216. The zero-order valence-corrected chi connectivity index (χ0v) is 13.0. The summed E-state index contributed by atoms with van der Waals surface area (Å²) in [7, 11) is 1.25. The number of carbonyl (C=O) groups excluding carboxylic acids is 2. The van der Waals surface area contributed by atoms with Crippen molar-refractivity contribution in [3.63, 3.8) is 0 Å². The molecule has 1 rings (SSSR count). The van der Waals surface area contributed by atoms with Crippen molar-refractivity contribution < 1.29 is 23.1 Å². The van der Waals surface area contributed by atoms with Gasteiger partial charge >= 0.3 is 5.97 Å². The summed E-state index contributed by atoms with van der Waals surface area (Å²) >= 11 is 0. The van der Waals surface area contributed by atoms with Gasteiger partial charge in [0.2, 0.25) is 5.91 Å². The van der Waals surface area contributed by atoms with Crippen LogP contribution in [0.5, 0.6) is 0 Å². The third-order valence-corrected chi connectivity index (χ3v) is 2.56. The van der Waals surface area contributed by atoms with Gasteiger partial charge in [0.05, 0.1) is 7.11 Å². The number of benzene rings is 1. The number of hydrogen-bond acceptors (Lipinski definition) is 3. The highest BCUT2D eigenvalue weighted by atomic mass is 19.1. The van der Waals surface area contributed by atoms with Gasteiger partial charge in [0, 0.05) is 24.6 Å². The Morgan fingerprint density at radius 2 is 1.68 bits per heavy atom. The lowest BCUT2D eigenvalue weighted by atomic mass is 10.1. The Hall–Kier alpha value is -2.24. The Morgan fingerprint density at radius 3 is 2.18 bits per heavy atom. The maximum atomic E-state index is 12.9. The number of halogens is 2. The average molecular weight is 313 g/mol. The Labute approximate surface area is 129 Å². The molecule has 6 heteroatoms. The van der Waals surface area contributed by atoms with Gasteiger partial charge < -0.3 is 10.1 Å². The van der Waals surface area contributed by atoms with Crippen molar-refractivity contribution in [2.45, 2.75) is 33.2 Å². The van der Waals surface area contributed by atoms with Gasteiger partial charge in [-0.2, -0.15) is 0 Å². The summed E-state index contributed by atoms with van der Waals surface area (Å²) in [4.78, 5) is 22.6. The van der Waals surface area contributed by atoms with Gasteiger partial charge in [-0.15, -0.1) is 0 Å². The molecule has 1 aromatic carbocycles. The molecule has 0 atom stereocenters. The minimum absolute atomic E-state index is 0.0231. The summed E-state index contributed by atoms with van der Waals surface area (Å²) in [6, 6.07) is 3.00. The molecule has 0 bridgehead atoms. The van der Waals surface area contributed by atoms with Crippen molar-refractivity contribution in [2.24, 2.45) is 0 Å². The lowest BCUT2D eigenvalue weighted by molar-refractivity contribution is -0.140. The lowest BCUT2D eigenvalue weighted by Crippen LogP contribution is -2.24. The van der Waals surface area contributed by atoms with Crippen LogP contribution in [0.3, 0.4) is 0 Å². The first kappa shape index (κ1) is 19.8. The molecule has 0 heterocycles. The first-order chi connectivity index (χ1) is 10.4. The molecule has 0 aliphatic rings. The van der Waals surface area contributed by atoms with Gasteiger partial charge in [0.1, 0.15) is 11.6 Å². The first-order valence-corrected chi connectivity index (χ1v) is 6.90. The molecule has 0 saturated heterocycles. The van der Waals surface area contributed by atoms with Crippen LogP contribution in [0.15, 0.2) is 30.4 Å². The molecule has 22 heavy (non-hydrogen) atoms. The van der Waals surface area contributed by atoms with Crippen LogP contribution in [0.1, 0.15) is 32.3 Å². The van der Waals surface area contributed by atoms with Crippen LogP contribution >= 0.6 is 0 Å². The second-order valence-electron chi connectivity index (χ2n) is 4.14. The van der Waals surface area contributed by atoms with E-state index < -0.39 is 23.5 Å². The van der Waals surface area contributed by atoms with Gasteiger partial charge in [0.25, 0.3) is 0 Å². The maximum Gasteiger partial charge on any atom is 0.305 e. The predicted molar refractivity (Wildman–Crippen MR) is 79.9 cm³/mol. The number of hydrogen-bond donors (Lipinski definition) is 1. The molecule has 0 aromatic heterocycles. The summed E-state index contributed by atoms with van der Waals surface area (Å²) in [5, 5.41) is 2.47. The average Bonchev–Trinajstić information content (AvgIpc) is 2.50. The summed E-state index contributed by atoms with van der Waals surface area (Å²) in [5.74, 6) is -2.33. The van der Waals surface area contributed by atoms with Gasteiger partial charge in [0.15, 0.2) is 0 Å². The lowest BCUT2D eigenvalue weighted by Gasteiger charge is -2.07. The van der Waals surface area contributed by atoms with Crippen LogP contribution in [0, 0.1) is 11.6 Å². The molecule has 1 aromatic rings. The van der Waals surface area contributed by atoms with Crippen molar-refractivity contribution in [3.05, 3.63) is 47.5 Å². The van der Waals surface area contributed by atoms with Crippen LogP contribution in [0.25, 0.3) is 0 Å². The molecule has 0 radical (unpaired) electrons. The zero-order chi connectivity index (χ0) is 17.1. The fourth-order valence-electron chi connectivity index (χ4n) is 1.49. The number of nitrogens with one attached hydrogen (secondary N) is 1. The smallest absolute Gasteiger partial charge is 0.305 e. The fraction of sp³-hybridized carbons (Fsp3) is 0.375. The topological polar surface area (TPSA) is 55.4 Å². The number of esters is 1. The Kier molecular flexibility index (Phi) is 9.41. The summed E-state index contributed by atoms with van der Waals surface area (Å²) < 4.78 is 30.3. The molecule has 1 amide bonds. The highest BCUT2D eigenvalue weighted by Crippen LogP contribution is 2.09. The number of amides is 1. The highest BCUT2D eigenvalue weighted by Gasteiger charge is 2.10. The highest BCUT2D eigenvalue weighted by molar-refractivity contribution is 5.93. The number of rotatable bonds is 6. The Morgan fingerprint density at radius 1 is 1.14 bits per heavy atom. The standard InChI is InChI=1S/C14H15F2NO3.C2H6/c1-9(3-4-13(18)20-2)14(19)17-8-10-5-11(15)7-12(16)6-10;1-2/h5-7H,1,3-4,8H2,2H3,(H,17,19);1-2H3. The summed E-state index contributed by atoms with van der Waals surface area (Å²) in [6.45, 7) is 7.52. The summed E-state index contributed by atoms with van der Waals surface area (Å²) in [5.41, 5.74) is 0.504. The van der Waals surface area contributed by atoms with Crippen LogP contribution in [-0.4, -0.2) is 19.0 Å². The molecule has 0 aliphatic heterocycles. The number of carbonyl (C=O) groups is 2. The minimum atomic E-state index is -0.709. The molecular formula is C16H21F2NO3. The van der Waals surface area contributed by atoms with E-state index >= 15 is 0 Å². The van der Waals surface area contributed by atoms with Crippen molar-refractivity contribution in [1.82, 2.24) is 5.32 Å². The van der Waals surface area contributed by atoms with E-state index in [0.29, 0.717) is 5.56 Å². The van der Waals surface area contributed by atoms with Gasteiger partial charge in [-0.05, 0) is 24.1 Å². The quantitative estimate of drug-likeness (QED) is 0.648. The van der Waals surface area contributed by atoms with E-state index in [-0.39, 0.29) is 25.0 Å². The SMILES string of the molecule is C=C(CCC(=O)OC)C(=O)NCc1cc(F)cc(F)c1.CC. The number of ether oxygens (including phenoxy) is 1. The van der Waals surface area contributed by atoms with Gasteiger partial charge in [-0.25, -0.2) is 8.78 Å². The van der Waals surface area contributed by atoms with Gasteiger partial charge in [-0.3, -0.25) is 9.59 Å². The van der Waals surface area contributed by atoms with Crippen molar-refractivity contribution in [1.29, 1.82) is 0 Å². The van der Waals surface area contributed by atoms with E-state index in [4.69, 9.17) is 0 Å². The molecule has 1 N–H and O–H groups in total. The molecule has 0 unspecified atom stereocenters. The minimum Gasteiger partial charge on any atom is -0.469 e. The largest absolute Gasteiger partial charge is 0.469 e. The third-order valence-electron chi connectivity index (χ3n) is 2.56. The maximum absolute atomic E-state index is 12.9. The normalized spacial score (nSPS) is 9.32. The molecular weight excluding hydrogens is 292 g/mol. The van der Waals surface area contributed by atoms with E-state index in [0.717, 1.165) is 18.2 Å². The molecule has 0 aliphatic carbocycles. The second-order valence-corrected chi connectivity index (χ2v) is 4.14. The molecule has 4 nitrogen and oxygen atoms in total. The Balaban J connectivity index is 0.00000211. The molecule has 0 saturated carbocycles. The van der Waals surface area contributed by atoms with Crippen molar-refractivity contribution >= 4 is 11.9 Å². The Bertz CT molecular complexity index is 510. The fourth-order valence-corrected chi connectivity index (χ4v) is 1.49. The molecule has 122 valence electrons. The van der Waals surface area contributed by atoms with E-state index in [1.54, 1.807) is 0 Å². The van der Waals surface area contributed by atoms with E-state index in [9.17, 15) is 18.4 Å². The van der Waals surface area contributed by atoms with E-state index in [1.807, 2.05) is 13.8 Å². The van der Waals surface area contributed by atoms with Crippen LogP contribution < -0.4 is 5.32 Å². The molecule has 0 spiro atoms. The van der Waals surface area contributed by atoms with Crippen molar-refractivity contribution in [2.75, 3.05) is 7.11 Å². The van der Waals surface area contributed by atoms with Crippen LogP contribution in [-0.2, 0) is 20.9 Å². The van der Waals surface area contributed by atoms with Crippen LogP contribution in [0.4, 0.5) is 8.78 Å². The van der Waals surface area contributed by atoms with E-state index in [1.165, 1.54) is 7.11 Å². The van der Waals surface area contributed by atoms with E-state index in [2.05, 4.69) is 16.6 Å². The van der Waals surface area contributed by atoms with Gasteiger partial charge in [-0.1, -0.05) is 20.4 Å². The van der Waals surface area contributed by atoms with Crippen molar-refractivity contribution in [3.8, 4) is 0 Å².